The van der Waals surface area contributed by atoms with Crippen molar-refractivity contribution in [3.63, 3.8) is 0 Å². The third-order valence-electron chi connectivity index (χ3n) is 3.15. The first-order chi connectivity index (χ1) is 11.5. The summed E-state index contributed by atoms with van der Waals surface area (Å²) in [6, 6.07) is 5.28. The van der Waals surface area contributed by atoms with Gasteiger partial charge in [0, 0.05) is 17.8 Å². The Morgan fingerprint density at radius 3 is 2.62 bits per heavy atom. The minimum atomic E-state index is -0.217. The van der Waals surface area contributed by atoms with Gasteiger partial charge in [-0.25, -0.2) is 4.98 Å². The molecule has 24 heavy (non-hydrogen) atoms. The quantitative estimate of drug-likeness (QED) is 0.615. The maximum atomic E-state index is 12.3. The molecule has 0 aliphatic rings. The maximum Gasteiger partial charge on any atom is 0.267 e. The van der Waals surface area contributed by atoms with Crippen LogP contribution in [0.3, 0.4) is 0 Å². The molecule has 1 amide bonds. The molecule has 0 radical (unpaired) electrons. The van der Waals surface area contributed by atoms with Crippen molar-refractivity contribution in [2.24, 2.45) is 0 Å². The molecule has 0 saturated carbocycles. The second kappa shape index (κ2) is 9.48. The fourth-order valence-corrected chi connectivity index (χ4v) is 2.59. The second-order valence-corrected chi connectivity index (χ2v) is 6.03. The Morgan fingerprint density at radius 2 is 2.00 bits per heavy atom. The SMILES string of the molecule is C#C.CCCNc1ncc(C(=O)Nc2cc(C(C)=O)ccc2C)s1. The van der Waals surface area contributed by atoms with Crippen LogP contribution in [0.4, 0.5) is 10.8 Å². The van der Waals surface area contributed by atoms with Gasteiger partial charge in [0.25, 0.3) is 5.91 Å². The number of terminal acetylenes is 1. The maximum absolute atomic E-state index is 12.3. The molecule has 0 aliphatic heterocycles. The normalized spacial score (nSPS) is 9.54. The monoisotopic (exact) mass is 343 g/mol. The molecule has 2 N–H and O–H groups in total. The lowest BCUT2D eigenvalue weighted by Gasteiger charge is -2.08. The van der Waals surface area contributed by atoms with Crippen molar-refractivity contribution in [2.75, 3.05) is 17.2 Å². The van der Waals surface area contributed by atoms with E-state index in [1.54, 1.807) is 18.3 Å². The van der Waals surface area contributed by atoms with Gasteiger partial charge in [0.1, 0.15) is 4.88 Å². The fraction of sp³-hybridized carbons (Fsp3) is 0.278. The lowest BCUT2D eigenvalue weighted by atomic mass is 10.1. The minimum Gasteiger partial charge on any atom is -0.362 e. The number of nitrogens with one attached hydrogen (secondary N) is 2. The van der Waals surface area contributed by atoms with Crippen LogP contribution in [0.2, 0.25) is 0 Å². The molecule has 0 saturated heterocycles. The van der Waals surface area contributed by atoms with E-state index in [1.807, 2.05) is 13.0 Å². The van der Waals surface area contributed by atoms with Gasteiger partial charge in [0.2, 0.25) is 0 Å². The lowest BCUT2D eigenvalue weighted by Crippen LogP contribution is -2.11. The van der Waals surface area contributed by atoms with E-state index < -0.39 is 0 Å². The van der Waals surface area contributed by atoms with Gasteiger partial charge >= 0.3 is 0 Å². The van der Waals surface area contributed by atoms with Crippen LogP contribution in [0.15, 0.2) is 24.4 Å². The third kappa shape index (κ3) is 5.21. The number of anilines is 2. The third-order valence-corrected chi connectivity index (χ3v) is 4.10. The van der Waals surface area contributed by atoms with Crippen LogP contribution in [0.5, 0.6) is 0 Å². The van der Waals surface area contributed by atoms with E-state index in [2.05, 4.69) is 35.4 Å². The van der Waals surface area contributed by atoms with Crippen LogP contribution in [0.1, 0.15) is 45.9 Å². The van der Waals surface area contributed by atoms with Gasteiger partial charge in [0.05, 0.1) is 6.20 Å². The molecule has 0 unspecified atom stereocenters. The smallest absolute Gasteiger partial charge is 0.267 e. The van der Waals surface area contributed by atoms with Crippen LogP contribution in [0, 0.1) is 19.8 Å². The molecule has 0 bridgehead atoms. The molecule has 1 aromatic carbocycles. The largest absolute Gasteiger partial charge is 0.362 e. The summed E-state index contributed by atoms with van der Waals surface area (Å²) in [4.78, 5) is 28.4. The van der Waals surface area contributed by atoms with E-state index in [-0.39, 0.29) is 11.7 Å². The van der Waals surface area contributed by atoms with Crippen molar-refractivity contribution in [3.8, 4) is 12.8 Å². The summed E-state index contributed by atoms with van der Waals surface area (Å²) < 4.78 is 0. The number of amides is 1. The highest BCUT2D eigenvalue weighted by Crippen LogP contribution is 2.22. The van der Waals surface area contributed by atoms with E-state index >= 15 is 0 Å². The first kappa shape index (κ1) is 19.4. The zero-order valence-electron chi connectivity index (χ0n) is 14.1. The predicted molar refractivity (Wildman–Crippen MR) is 99.9 cm³/mol. The summed E-state index contributed by atoms with van der Waals surface area (Å²) in [6.07, 6.45) is 10.6. The molecule has 2 aromatic rings. The molecule has 1 heterocycles. The van der Waals surface area contributed by atoms with Gasteiger partial charge in [-0.3, -0.25) is 9.59 Å². The second-order valence-electron chi connectivity index (χ2n) is 5.00. The molecule has 2 rings (SSSR count). The minimum absolute atomic E-state index is 0.0284. The van der Waals surface area contributed by atoms with Crippen LogP contribution in [0.25, 0.3) is 0 Å². The molecule has 5 nitrogen and oxygen atoms in total. The Bertz CT molecular complexity index is 735. The number of carbonyl (C=O) groups is 2. The summed E-state index contributed by atoms with van der Waals surface area (Å²) in [5, 5.41) is 6.73. The zero-order valence-corrected chi connectivity index (χ0v) is 14.9. The van der Waals surface area contributed by atoms with Crippen molar-refractivity contribution in [1.82, 2.24) is 4.98 Å². The highest BCUT2D eigenvalue weighted by atomic mass is 32.1. The summed E-state index contributed by atoms with van der Waals surface area (Å²) >= 11 is 1.32. The summed E-state index contributed by atoms with van der Waals surface area (Å²) in [7, 11) is 0. The zero-order chi connectivity index (χ0) is 18.1. The average molecular weight is 343 g/mol. The number of thiazole rings is 1. The Labute approximate surface area is 146 Å². The average Bonchev–Trinajstić information content (AvgIpc) is 3.05. The highest BCUT2D eigenvalue weighted by Gasteiger charge is 2.13. The van der Waals surface area contributed by atoms with Gasteiger partial charge < -0.3 is 10.6 Å². The first-order valence-electron chi connectivity index (χ1n) is 7.47. The van der Waals surface area contributed by atoms with E-state index in [9.17, 15) is 9.59 Å². The number of aromatic nitrogens is 1. The number of rotatable bonds is 6. The number of benzene rings is 1. The van der Waals surface area contributed by atoms with Crippen molar-refractivity contribution in [1.29, 1.82) is 0 Å². The Balaban J connectivity index is 0.00000139. The van der Waals surface area contributed by atoms with Gasteiger partial charge in [-0.15, -0.1) is 12.8 Å². The van der Waals surface area contributed by atoms with Crippen LogP contribution < -0.4 is 10.6 Å². The summed E-state index contributed by atoms with van der Waals surface area (Å²) in [5.41, 5.74) is 2.14. The van der Waals surface area contributed by atoms with Crippen molar-refractivity contribution in [3.05, 3.63) is 40.4 Å². The number of hydrogen-bond acceptors (Lipinski definition) is 5. The summed E-state index contributed by atoms with van der Waals surface area (Å²) in [5.74, 6) is -0.245. The van der Waals surface area contributed by atoms with E-state index in [0.717, 1.165) is 23.7 Å². The van der Waals surface area contributed by atoms with Gasteiger partial charge in [0.15, 0.2) is 10.9 Å². The Kier molecular flexibility index (Phi) is 7.66. The molecule has 0 atom stereocenters. The molecule has 0 aliphatic carbocycles. The number of Topliss-reactive ketones (excluding diaryl/α,β-unsaturated/α-hetero) is 1. The van der Waals surface area contributed by atoms with Gasteiger partial charge in [-0.05, 0) is 31.9 Å². The number of nitrogens with zero attached hydrogens (tertiary/aromatic N) is 1. The van der Waals surface area contributed by atoms with Crippen molar-refractivity contribution in [2.45, 2.75) is 27.2 Å². The van der Waals surface area contributed by atoms with Gasteiger partial charge in [-0.1, -0.05) is 30.4 Å². The molecular weight excluding hydrogens is 322 g/mol. The topological polar surface area (TPSA) is 71.1 Å². The van der Waals surface area contributed by atoms with E-state index in [1.165, 1.54) is 18.3 Å². The number of aryl methyl sites for hydroxylation is 1. The molecule has 0 spiro atoms. The standard InChI is InChI=1S/C16H19N3O2S.C2H2/c1-4-7-17-16-18-9-14(22-16)15(21)19-13-8-12(11(3)20)6-5-10(13)2;1-2/h5-6,8-9H,4,7H2,1-3H3,(H,17,18)(H,19,21);1-2H. The predicted octanol–water partition coefficient (Wildman–Crippen LogP) is 3.98. The number of hydrogen-bond donors (Lipinski definition) is 2. The first-order valence-corrected chi connectivity index (χ1v) is 8.29. The van der Waals surface area contributed by atoms with Gasteiger partial charge in [-0.2, -0.15) is 0 Å². The number of carbonyl (C=O) groups excluding carboxylic acids is 2. The Hall–Kier alpha value is -2.65. The van der Waals surface area contributed by atoms with E-state index in [4.69, 9.17) is 0 Å². The molecule has 6 heteroatoms. The van der Waals surface area contributed by atoms with Crippen molar-refractivity contribution >= 4 is 33.8 Å². The van der Waals surface area contributed by atoms with Crippen LogP contribution in [-0.2, 0) is 0 Å². The highest BCUT2D eigenvalue weighted by molar-refractivity contribution is 7.17. The number of ketones is 1. The molecule has 126 valence electrons. The van der Waals surface area contributed by atoms with Crippen LogP contribution >= 0.6 is 11.3 Å². The molecular formula is C18H21N3O2S. The summed E-state index contributed by atoms with van der Waals surface area (Å²) in [6.45, 7) is 6.29. The Morgan fingerprint density at radius 1 is 1.29 bits per heavy atom. The molecule has 1 aromatic heterocycles. The molecule has 0 fully saturated rings. The van der Waals surface area contributed by atoms with Crippen LogP contribution in [-0.4, -0.2) is 23.2 Å². The lowest BCUT2D eigenvalue weighted by molar-refractivity contribution is 0.101. The van der Waals surface area contributed by atoms with E-state index in [0.29, 0.717) is 16.1 Å². The van der Waals surface area contributed by atoms with Crippen molar-refractivity contribution < 1.29 is 9.59 Å². The fourth-order valence-electron chi connectivity index (χ4n) is 1.85.